The predicted molar refractivity (Wildman–Crippen MR) is 71.6 cm³/mol. The standard InChI is InChI=1S/C14H21NO/c1-10(2)8-9-13(11(3)4)14(16-7)15-12(5)6/h8-9H,1,5H2,2-4,6-7H3/b9-8-,15-14?. The molecule has 0 bridgehead atoms. The summed E-state index contributed by atoms with van der Waals surface area (Å²) in [5.74, 6) is 0.588. The Morgan fingerprint density at radius 1 is 1.06 bits per heavy atom. The van der Waals surface area contributed by atoms with Gasteiger partial charge < -0.3 is 4.74 Å². The number of hydrogen-bond donors (Lipinski definition) is 0. The summed E-state index contributed by atoms with van der Waals surface area (Å²) < 4.78 is 5.27. The second-order valence-corrected chi connectivity index (χ2v) is 3.95. The van der Waals surface area contributed by atoms with Gasteiger partial charge in [0, 0.05) is 11.3 Å². The molecule has 0 rings (SSSR count). The van der Waals surface area contributed by atoms with Crippen LogP contribution in [0.5, 0.6) is 0 Å². The van der Waals surface area contributed by atoms with Gasteiger partial charge in [0.1, 0.15) is 0 Å². The van der Waals surface area contributed by atoms with Crippen molar-refractivity contribution in [3.8, 4) is 0 Å². The van der Waals surface area contributed by atoms with Crippen LogP contribution in [0.2, 0.25) is 0 Å². The minimum Gasteiger partial charge on any atom is -0.481 e. The van der Waals surface area contributed by atoms with Crippen LogP contribution in [0.4, 0.5) is 0 Å². The highest BCUT2D eigenvalue weighted by atomic mass is 16.5. The fourth-order valence-corrected chi connectivity index (χ4v) is 1.07. The van der Waals surface area contributed by atoms with E-state index in [4.69, 9.17) is 4.74 Å². The van der Waals surface area contributed by atoms with Crippen LogP contribution in [-0.4, -0.2) is 13.0 Å². The Morgan fingerprint density at radius 2 is 1.62 bits per heavy atom. The average molecular weight is 219 g/mol. The van der Waals surface area contributed by atoms with Crippen LogP contribution in [0.25, 0.3) is 0 Å². The largest absolute Gasteiger partial charge is 0.481 e. The second-order valence-electron chi connectivity index (χ2n) is 3.95. The number of methoxy groups -OCH3 is 1. The van der Waals surface area contributed by atoms with E-state index in [1.165, 1.54) is 0 Å². The van der Waals surface area contributed by atoms with E-state index >= 15 is 0 Å². The molecule has 0 atom stereocenters. The number of aliphatic imine (C=N–C) groups is 1. The van der Waals surface area contributed by atoms with Crippen molar-refractivity contribution in [1.82, 2.24) is 0 Å². The smallest absolute Gasteiger partial charge is 0.220 e. The van der Waals surface area contributed by atoms with Gasteiger partial charge in [0.2, 0.25) is 5.90 Å². The third-order valence-electron chi connectivity index (χ3n) is 1.79. The Hall–Kier alpha value is -1.57. The summed E-state index contributed by atoms with van der Waals surface area (Å²) in [6.07, 6.45) is 3.90. The van der Waals surface area contributed by atoms with Crippen molar-refractivity contribution in [2.24, 2.45) is 4.99 Å². The Morgan fingerprint density at radius 3 is 1.94 bits per heavy atom. The van der Waals surface area contributed by atoms with Crippen molar-refractivity contribution < 1.29 is 4.74 Å². The van der Waals surface area contributed by atoms with Gasteiger partial charge in [-0.15, -0.1) is 0 Å². The molecule has 2 nitrogen and oxygen atoms in total. The van der Waals surface area contributed by atoms with Crippen molar-refractivity contribution in [3.05, 3.63) is 47.7 Å². The number of ether oxygens (including phenoxy) is 1. The lowest BCUT2D eigenvalue weighted by atomic mass is 10.1. The van der Waals surface area contributed by atoms with Crippen molar-refractivity contribution in [2.75, 3.05) is 7.11 Å². The lowest BCUT2D eigenvalue weighted by Gasteiger charge is -2.08. The molecule has 0 aliphatic carbocycles. The minimum absolute atomic E-state index is 0.588. The van der Waals surface area contributed by atoms with Crippen LogP contribution in [-0.2, 0) is 4.74 Å². The Kier molecular flexibility index (Phi) is 6.16. The highest BCUT2D eigenvalue weighted by Gasteiger charge is 2.05. The number of rotatable bonds is 4. The molecule has 0 N–H and O–H groups in total. The van der Waals surface area contributed by atoms with Crippen LogP contribution in [0.15, 0.2) is 52.7 Å². The number of allylic oxidation sites excluding steroid dienone is 4. The summed E-state index contributed by atoms with van der Waals surface area (Å²) in [6, 6.07) is 0. The SMILES string of the molecule is C=C(C)/C=C\C(C(=NC(=C)C)OC)=C(C)C. The van der Waals surface area contributed by atoms with Gasteiger partial charge in [0.15, 0.2) is 0 Å². The number of nitrogens with zero attached hydrogens (tertiary/aromatic N) is 1. The predicted octanol–water partition coefficient (Wildman–Crippen LogP) is 4.03. The zero-order valence-corrected chi connectivity index (χ0v) is 10.9. The van der Waals surface area contributed by atoms with Crippen LogP contribution in [0.1, 0.15) is 27.7 Å². The maximum atomic E-state index is 5.27. The summed E-state index contributed by atoms with van der Waals surface area (Å²) in [7, 11) is 1.61. The molecule has 0 heterocycles. The monoisotopic (exact) mass is 219 g/mol. The highest BCUT2D eigenvalue weighted by Crippen LogP contribution is 2.11. The molecule has 0 amide bonds. The third kappa shape index (κ3) is 5.35. The maximum Gasteiger partial charge on any atom is 0.220 e. The second kappa shape index (κ2) is 6.83. The van der Waals surface area contributed by atoms with E-state index in [-0.39, 0.29) is 0 Å². The van der Waals surface area contributed by atoms with Gasteiger partial charge in [-0.1, -0.05) is 30.4 Å². The Bertz CT molecular complexity index is 366. The van der Waals surface area contributed by atoms with Gasteiger partial charge in [-0.25, -0.2) is 4.99 Å². The van der Waals surface area contributed by atoms with Gasteiger partial charge in [0.05, 0.1) is 7.11 Å². The average Bonchev–Trinajstić information content (AvgIpc) is 2.14. The highest BCUT2D eigenvalue weighted by molar-refractivity contribution is 5.97. The molecule has 0 aromatic heterocycles. The van der Waals surface area contributed by atoms with Crippen molar-refractivity contribution in [2.45, 2.75) is 27.7 Å². The molecule has 0 radical (unpaired) electrons. The van der Waals surface area contributed by atoms with Gasteiger partial charge in [0.25, 0.3) is 0 Å². The molecule has 0 aliphatic rings. The number of hydrogen-bond acceptors (Lipinski definition) is 2. The third-order valence-corrected chi connectivity index (χ3v) is 1.79. The van der Waals surface area contributed by atoms with E-state index in [0.717, 1.165) is 22.4 Å². The van der Waals surface area contributed by atoms with Crippen LogP contribution in [0, 0.1) is 0 Å². The quantitative estimate of drug-likeness (QED) is 0.397. The van der Waals surface area contributed by atoms with Gasteiger partial charge in [-0.2, -0.15) is 0 Å². The van der Waals surface area contributed by atoms with E-state index in [2.05, 4.69) is 18.2 Å². The zero-order valence-electron chi connectivity index (χ0n) is 10.9. The molecule has 0 aliphatic heterocycles. The van der Waals surface area contributed by atoms with E-state index in [0.29, 0.717) is 5.90 Å². The van der Waals surface area contributed by atoms with E-state index < -0.39 is 0 Å². The first kappa shape index (κ1) is 14.4. The van der Waals surface area contributed by atoms with E-state index in [9.17, 15) is 0 Å². The van der Waals surface area contributed by atoms with Crippen LogP contribution in [0.3, 0.4) is 0 Å². The maximum absolute atomic E-state index is 5.27. The fraction of sp³-hybridized carbons (Fsp3) is 0.357. The van der Waals surface area contributed by atoms with E-state index in [1.54, 1.807) is 7.11 Å². The molecule has 0 aromatic rings. The lowest BCUT2D eigenvalue weighted by molar-refractivity contribution is 0.403. The van der Waals surface area contributed by atoms with Gasteiger partial charge >= 0.3 is 0 Å². The normalized spacial score (nSPS) is 11.4. The fourth-order valence-electron chi connectivity index (χ4n) is 1.07. The summed E-state index contributed by atoms with van der Waals surface area (Å²) in [6.45, 7) is 15.4. The zero-order chi connectivity index (χ0) is 12.7. The first-order valence-corrected chi connectivity index (χ1v) is 5.18. The van der Waals surface area contributed by atoms with Crippen LogP contribution < -0.4 is 0 Å². The molecular weight excluding hydrogens is 198 g/mol. The summed E-state index contributed by atoms with van der Waals surface area (Å²) in [5.41, 5.74) is 3.82. The summed E-state index contributed by atoms with van der Waals surface area (Å²) in [4.78, 5) is 4.26. The summed E-state index contributed by atoms with van der Waals surface area (Å²) >= 11 is 0. The molecule has 2 heteroatoms. The molecule has 88 valence electrons. The van der Waals surface area contributed by atoms with Crippen molar-refractivity contribution in [3.63, 3.8) is 0 Å². The van der Waals surface area contributed by atoms with Crippen LogP contribution >= 0.6 is 0 Å². The lowest BCUT2D eigenvalue weighted by Crippen LogP contribution is -2.05. The first-order valence-electron chi connectivity index (χ1n) is 5.18. The first-order chi connectivity index (χ1) is 7.38. The molecular formula is C14H21NO. The molecule has 0 saturated carbocycles. The van der Waals surface area contributed by atoms with Gasteiger partial charge in [-0.3, -0.25) is 0 Å². The van der Waals surface area contributed by atoms with Crippen molar-refractivity contribution in [1.29, 1.82) is 0 Å². The molecule has 0 unspecified atom stereocenters. The molecule has 0 aromatic carbocycles. The van der Waals surface area contributed by atoms with Gasteiger partial charge in [-0.05, 0) is 33.8 Å². The molecule has 0 saturated heterocycles. The van der Waals surface area contributed by atoms with E-state index in [1.807, 2.05) is 39.8 Å². The topological polar surface area (TPSA) is 21.6 Å². The molecule has 16 heavy (non-hydrogen) atoms. The summed E-state index contributed by atoms with van der Waals surface area (Å²) in [5, 5.41) is 0. The minimum atomic E-state index is 0.588. The van der Waals surface area contributed by atoms with Crippen molar-refractivity contribution >= 4 is 5.90 Å². The Balaban J connectivity index is 5.30. The molecule has 0 fully saturated rings. The molecule has 0 spiro atoms. The Labute approximate surface area is 98.7 Å².